The Morgan fingerprint density at radius 3 is 2.33 bits per heavy atom. The number of benzene rings is 3. The molecule has 5 rings (SSSR count). The van der Waals surface area contributed by atoms with Gasteiger partial charge in [-0.25, -0.2) is 9.67 Å². The molecule has 8 nitrogen and oxygen atoms in total. The molecule has 1 saturated heterocycles. The van der Waals surface area contributed by atoms with Crippen LogP contribution >= 0.6 is 11.8 Å². The van der Waals surface area contributed by atoms with Crippen molar-refractivity contribution in [2.45, 2.75) is 27.1 Å². The van der Waals surface area contributed by atoms with Crippen molar-refractivity contribution in [1.82, 2.24) is 14.8 Å². The molecule has 0 atom stereocenters. The number of amidine groups is 1. The van der Waals surface area contributed by atoms with Gasteiger partial charge in [0.25, 0.3) is 0 Å². The number of rotatable bonds is 6. The van der Waals surface area contributed by atoms with E-state index in [1.54, 1.807) is 11.1 Å². The Bertz CT molecular complexity index is 1590. The topological polar surface area (TPSA) is 85.0 Å². The lowest BCUT2D eigenvalue weighted by Crippen LogP contribution is -2.30. The summed E-state index contributed by atoms with van der Waals surface area (Å²) < 4.78 is 42.5. The fraction of sp³-hybridized carbons (Fsp3) is 0.179. The molecule has 1 amide bonds. The Balaban J connectivity index is 1.28. The van der Waals surface area contributed by atoms with Gasteiger partial charge in [0.05, 0.1) is 23.3 Å². The maximum absolute atomic E-state index is 12.6. The highest BCUT2D eigenvalue weighted by molar-refractivity contribution is 8.15. The molecule has 1 aliphatic rings. The number of aromatic nitrogens is 3. The normalized spacial score (nSPS) is 15.0. The van der Waals surface area contributed by atoms with Gasteiger partial charge in [0.15, 0.2) is 11.0 Å². The van der Waals surface area contributed by atoms with Crippen LogP contribution in [0, 0.1) is 20.8 Å². The maximum Gasteiger partial charge on any atom is 0.573 e. The van der Waals surface area contributed by atoms with Gasteiger partial charge < -0.3 is 4.74 Å². The molecule has 2 heterocycles. The zero-order valence-electron chi connectivity index (χ0n) is 21.7. The zero-order chi connectivity index (χ0) is 28.4. The summed E-state index contributed by atoms with van der Waals surface area (Å²) in [6.07, 6.45) is -1.67. The first kappa shape index (κ1) is 27.1. The molecule has 0 spiro atoms. The fourth-order valence-corrected chi connectivity index (χ4v) is 5.17. The van der Waals surface area contributed by atoms with Gasteiger partial charge in [-0.1, -0.05) is 53.7 Å². The van der Waals surface area contributed by atoms with Gasteiger partial charge in [-0.3, -0.25) is 9.69 Å². The van der Waals surface area contributed by atoms with Crippen molar-refractivity contribution in [2.75, 3.05) is 10.7 Å². The van der Waals surface area contributed by atoms with Crippen LogP contribution in [0.15, 0.2) is 77.2 Å². The lowest BCUT2D eigenvalue weighted by atomic mass is 10.0. The van der Waals surface area contributed by atoms with Crippen molar-refractivity contribution in [3.8, 4) is 22.8 Å². The molecule has 204 valence electrons. The lowest BCUT2D eigenvalue weighted by Gasteiger charge is -2.21. The minimum atomic E-state index is -4.75. The van der Waals surface area contributed by atoms with Gasteiger partial charge in [0, 0.05) is 5.56 Å². The maximum atomic E-state index is 12.6. The van der Waals surface area contributed by atoms with E-state index in [4.69, 9.17) is 0 Å². The molecule has 0 N–H and O–H groups in total. The van der Waals surface area contributed by atoms with Crippen molar-refractivity contribution < 1.29 is 22.7 Å². The Labute approximate surface area is 232 Å². The SMILES string of the molecule is Cc1cc(C)c(N2C(=O)CSC2=NN=Cc2ccc(-c3ncn(-c4ccc(OC(F)(F)F)cc4)n3)cc2)c(C)c1. The molecule has 4 aromatic rings. The summed E-state index contributed by atoms with van der Waals surface area (Å²) >= 11 is 1.35. The second-order valence-corrected chi connectivity index (χ2v) is 10.0. The van der Waals surface area contributed by atoms with Crippen LogP contribution < -0.4 is 9.64 Å². The number of halogens is 3. The highest BCUT2D eigenvalue weighted by Crippen LogP contribution is 2.33. The molecule has 40 heavy (non-hydrogen) atoms. The number of anilines is 1. The third kappa shape index (κ3) is 6.07. The van der Waals surface area contributed by atoms with E-state index < -0.39 is 6.36 Å². The molecule has 0 saturated carbocycles. The van der Waals surface area contributed by atoms with Crippen LogP contribution in [-0.2, 0) is 4.79 Å². The van der Waals surface area contributed by atoms with Crippen LogP contribution in [0.3, 0.4) is 0 Å². The molecule has 3 aromatic carbocycles. The van der Waals surface area contributed by atoms with E-state index in [1.165, 1.54) is 47.0 Å². The van der Waals surface area contributed by atoms with Gasteiger partial charge in [-0.05, 0) is 61.7 Å². The highest BCUT2D eigenvalue weighted by Gasteiger charge is 2.32. The van der Waals surface area contributed by atoms with E-state index in [2.05, 4.69) is 25.0 Å². The van der Waals surface area contributed by atoms with E-state index in [0.29, 0.717) is 22.4 Å². The van der Waals surface area contributed by atoms with E-state index in [-0.39, 0.29) is 11.7 Å². The Morgan fingerprint density at radius 2 is 1.68 bits per heavy atom. The molecule has 0 radical (unpaired) electrons. The standard InChI is InChI=1S/C28H23F3N6O2S/c1-17-12-18(2)25(19(3)13-17)37-24(38)15-40-27(37)34-33-14-20-4-6-21(7-5-20)26-32-16-36(35-26)22-8-10-23(11-9-22)39-28(29,30)31/h4-14,16H,15H2,1-3H3. The smallest absolute Gasteiger partial charge is 0.406 e. The van der Waals surface area contributed by atoms with Crippen LogP contribution in [-0.4, -0.2) is 44.2 Å². The molecule has 1 fully saturated rings. The van der Waals surface area contributed by atoms with Crippen molar-refractivity contribution in [2.24, 2.45) is 10.2 Å². The average molecular weight is 565 g/mol. The first-order valence-corrected chi connectivity index (χ1v) is 13.1. The largest absolute Gasteiger partial charge is 0.573 e. The molecule has 0 unspecified atom stereocenters. The number of ether oxygens (including phenoxy) is 1. The molecule has 1 aliphatic heterocycles. The predicted octanol–water partition coefficient (Wildman–Crippen LogP) is 6.23. The van der Waals surface area contributed by atoms with Gasteiger partial charge >= 0.3 is 6.36 Å². The number of hydrogen-bond donors (Lipinski definition) is 0. The predicted molar refractivity (Wildman–Crippen MR) is 149 cm³/mol. The summed E-state index contributed by atoms with van der Waals surface area (Å²) in [5.41, 5.74) is 6.05. The summed E-state index contributed by atoms with van der Waals surface area (Å²) in [6, 6.07) is 16.8. The number of alkyl halides is 3. The monoisotopic (exact) mass is 564 g/mol. The van der Waals surface area contributed by atoms with E-state index in [0.717, 1.165) is 33.5 Å². The summed E-state index contributed by atoms with van der Waals surface area (Å²) in [4.78, 5) is 18.6. The second-order valence-electron chi connectivity index (χ2n) is 9.07. The molecular formula is C28H23F3N6O2S. The first-order valence-electron chi connectivity index (χ1n) is 12.1. The minimum Gasteiger partial charge on any atom is -0.406 e. The number of hydrogen-bond acceptors (Lipinski definition) is 7. The number of carbonyl (C=O) groups excluding carboxylic acids is 1. The van der Waals surface area contributed by atoms with Crippen LogP contribution in [0.1, 0.15) is 22.3 Å². The number of carbonyl (C=O) groups is 1. The van der Waals surface area contributed by atoms with Gasteiger partial charge in [0.2, 0.25) is 5.91 Å². The van der Waals surface area contributed by atoms with Crippen molar-refractivity contribution >= 4 is 34.7 Å². The third-order valence-electron chi connectivity index (χ3n) is 5.97. The number of amides is 1. The molecule has 12 heteroatoms. The minimum absolute atomic E-state index is 0.0316. The van der Waals surface area contributed by atoms with Crippen LogP contribution in [0.4, 0.5) is 18.9 Å². The lowest BCUT2D eigenvalue weighted by molar-refractivity contribution is -0.274. The van der Waals surface area contributed by atoms with E-state index >= 15 is 0 Å². The Hall–Kier alpha value is -4.45. The van der Waals surface area contributed by atoms with Crippen LogP contribution in [0.5, 0.6) is 5.75 Å². The van der Waals surface area contributed by atoms with Gasteiger partial charge in [-0.15, -0.1) is 23.4 Å². The summed E-state index contributed by atoms with van der Waals surface area (Å²) in [5.74, 6) is 0.404. The van der Waals surface area contributed by atoms with Crippen molar-refractivity contribution in [1.29, 1.82) is 0 Å². The number of thioether (sulfide) groups is 1. The number of aryl methyl sites for hydroxylation is 3. The van der Waals surface area contributed by atoms with Crippen molar-refractivity contribution in [3.63, 3.8) is 0 Å². The number of nitrogens with zero attached hydrogens (tertiary/aromatic N) is 6. The van der Waals surface area contributed by atoms with E-state index in [1.807, 2.05) is 57.2 Å². The van der Waals surface area contributed by atoms with Gasteiger partial charge in [-0.2, -0.15) is 5.10 Å². The van der Waals surface area contributed by atoms with Crippen LogP contribution in [0.2, 0.25) is 0 Å². The quantitative estimate of drug-likeness (QED) is 0.205. The van der Waals surface area contributed by atoms with E-state index in [9.17, 15) is 18.0 Å². The summed E-state index contributed by atoms with van der Waals surface area (Å²) in [6.45, 7) is 5.99. The molecule has 1 aromatic heterocycles. The molecular weight excluding hydrogens is 541 g/mol. The Morgan fingerprint density at radius 1 is 1.00 bits per heavy atom. The fourth-order valence-electron chi connectivity index (χ4n) is 4.36. The average Bonchev–Trinajstić information content (AvgIpc) is 3.52. The van der Waals surface area contributed by atoms with Crippen LogP contribution in [0.25, 0.3) is 17.1 Å². The molecule has 0 bridgehead atoms. The molecule has 0 aliphatic carbocycles. The first-order chi connectivity index (χ1) is 19.1. The third-order valence-corrected chi connectivity index (χ3v) is 6.88. The van der Waals surface area contributed by atoms with Crippen molar-refractivity contribution in [3.05, 3.63) is 89.2 Å². The Kier molecular flexibility index (Phi) is 7.44. The summed E-state index contributed by atoms with van der Waals surface area (Å²) in [5, 5.41) is 13.5. The highest BCUT2D eigenvalue weighted by atomic mass is 32.2. The second kappa shape index (κ2) is 11.0. The van der Waals surface area contributed by atoms with Gasteiger partial charge in [0.1, 0.15) is 12.1 Å². The zero-order valence-corrected chi connectivity index (χ0v) is 22.5. The summed E-state index contributed by atoms with van der Waals surface area (Å²) in [7, 11) is 0.